The second-order valence-electron chi connectivity index (χ2n) is 5.27. The highest BCUT2D eigenvalue weighted by Gasteiger charge is 2.29. The van der Waals surface area contributed by atoms with Gasteiger partial charge in [0.1, 0.15) is 0 Å². The maximum atomic E-state index is 12.6. The molecule has 0 aromatic heterocycles. The molecule has 0 aliphatic carbocycles. The largest absolute Gasteiger partial charge is 0.316 e. The summed E-state index contributed by atoms with van der Waals surface area (Å²) in [7, 11) is 0. The van der Waals surface area contributed by atoms with Crippen molar-refractivity contribution in [3.8, 4) is 0 Å². The van der Waals surface area contributed by atoms with Crippen molar-refractivity contribution in [1.29, 1.82) is 0 Å². The van der Waals surface area contributed by atoms with Crippen molar-refractivity contribution in [2.24, 2.45) is 5.92 Å². The SMILES string of the molecule is Cl.O=C(C1CCNC1)N1CCCCc2ccccc21. The molecule has 2 aliphatic heterocycles. The standard InChI is InChI=1S/C15H20N2O.ClH/c18-15(13-8-9-16-11-13)17-10-4-3-6-12-5-1-2-7-14(12)17;/h1-2,5,7,13,16H,3-4,6,8-11H2;1H. The molecule has 1 fully saturated rings. The van der Waals surface area contributed by atoms with Gasteiger partial charge in [0.05, 0.1) is 5.92 Å². The van der Waals surface area contributed by atoms with E-state index in [1.54, 1.807) is 0 Å². The zero-order valence-corrected chi connectivity index (χ0v) is 11.9. The van der Waals surface area contributed by atoms with Crippen LogP contribution in [0.15, 0.2) is 24.3 Å². The van der Waals surface area contributed by atoms with E-state index < -0.39 is 0 Å². The van der Waals surface area contributed by atoms with E-state index in [0.29, 0.717) is 5.91 Å². The highest BCUT2D eigenvalue weighted by molar-refractivity contribution is 5.96. The molecular formula is C15H21ClN2O. The van der Waals surface area contributed by atoms with Gasteiger partial charge in [-0.3, -0.25) is 4.79 Å². The van der Waals surface area contributed by atoms with Crippen molar-refractivity contribution in [2.75, 3.05) is 24.5 Å². The second-order valence-corrected chi connectivity index (χ2v) is 5.27. The molecule has 3 rings (SSSR count). The van der Waals surface area contributed by atoms with Crippen LogP contribution in [-0.2, 0) is 11.2 Å². The van der Waals surface area contributed by atoms with Crippen LogP contribution >= 0.6 is 12.4 Å². The molecule has 0 spiro atoms. The van der Waals surface area contributed by atoms with Crippen LogP contribution in [-0.4, -0.2) is 25.5 Å². The molecule has 0 bridgehead atoms. The molecule has 3 nitrogen and oxygen atoms in total. The van der Waals surface area contributed by atoms with Crippen molar-refractivity contribution in [3.63, 3.8) is 0 Å². The van der Waals surface area contributed by atoms with Crippen molar-refractivity contribution in [3.05, 3.63) is 29.8 Å². The number of halogens is 1. The Morgan fingerprint density at radius 2 is 2.11 bits per heavy atom. The van der Waals surface area contributed by atoms with Crippen LogP contribution in [0.4, 0.5) is 5.69 Å². The number of para-hydroxylation sites is 1. The van der Waals surface area contributed by atoms with Crippen molar-refractivity contribution in [1.82, 2.24) is 5.32 Å². The Hall–Kier alpha value is -1.06. The van der Waals surface area contributed by atoms with E-state index in [-0.39, 0.29) is 18.3 Å². The molecule has 1 N–H and O–H groups in total. The van der Waals surface area contributed by atoms with Gasteiger partial charge in [-0.2, -0.15) is 0 Å². The summed E-state index contributed by atoms with van der Waals surface area (Å²) in [6, 6.07) is 8.37. The fourth-order valence-electron chi connectivity index (χ4n) is 3.01. The number of carbonyl (C=O) groups is 1. The number of nitrogens with one attached hydrogen (secondary N) is 1. The van der Waals surface area contributed by atoms with Crippen LogP contribution in [0, 0.1) is 5.92 Å². The third kappa shape index (κ3) is 2.93. The lowest BCUT2D eigenvalue weighted by molar-refractivity contribution is -0.121. The number of fused-ring (bicyclic) bond motifs is 1. The summed E-state index contributed by atoms with van der Waals surface area (Å²) in [6.07, 6.45) is 4.38. The number of hydrogen-bond acceptors (Lipinski definition) is 2. The number of nitrogens with zero attached hydrogens (tertiary/aromatic N) is 1. The van der Waals surface area contributed by atoms with Gasteiger partial charge in [0.25, 0.3) is 0 Å². The summed E-state index contributed by atoms with van der Waals surface area (Å²) in [5, 5.41) is 3.28. The van der Waals surface area contributed by atoms with Crippen molar-refractivity contribution in [2.45, 2.75) is 25.7 Å². The minimum atomic E-state index is 0. The normalized spacial score (nSPS) is 22.3. The quantitative estimate of drug-likeness (QED) is 0.857. The molecule has 1 unspecified atom stereocenters. The molecule has 1 atom stereocenters. The third-order valence-corrected chi connectivity index (χ3v) is 4.04. The van der Waals surface area contributed by atoms with Crippen LogP contribution in [0.2, 0.25) is 0 Å². The molecule has 1 saturated heterocycles. The summed E-state index contributed by atoms with van der Waals surface area (Å²) in [6.45, 7) is 2.70. The molecule has 1 amide bonds. The van der Waals surface area contributed by atoms with Gasteiger partial charge in [-0.15, -0.1) is 12.4 Å². The van der Waals surface area contributed by atoms with Gasteiger partial charge in [-0.05, 0) is 43.9 Å². The average molecular weight is 281 g/mol. The topological polar surface area (TPSA) is 32.3 Å². The summed E-state index contributed by atoms with van der Waals surface area (Å²) in [5.41, 5.74) is 2.47. The Morgan fingerprint density at radius 1 is 1.26 bits per heavy atom. The van der Waals surface area contributed by atoms with Gasteiger partial charge in [-0.25, -0.2) is 0 Å². The maximum Gasteiger partial charge on any atom is 0.231 e. The highest BCUT2D eigenvalue weighted by atomic mass is 35.5. The summed E-state index contributed by atoms with van der Waals surface area (Å²) in [5.74, 6) is 0.491. The number of amides is 1. The predicted octanol–water partition coefficient (Wildman–Crippen LogP) is 2.39. The van der Waals surface area contributed by atoms with Gasteiger partial charge in [0.2, 0.25) is 5.91 Å². The zero-order valence-electron chi connectivity index (χ0n) is 11.1. The second kappa shape index (κ2) is 6.40. The first-order valence-electron chi connectivity index (χ1n) is 6.96. The maximum absolute atomic E-state index is 12.6. The number of aryl methyl sites for hydroxylation is 1. The molecule has 0 saturated carbocycles. The van der Waals surface area contributed by atoms with Crippen molar-refractivity contribution < 1.29 is 4.79 Å². The van der Waals surface area contributed by atoms with E-state index in [4.69, 9.17) is 0 Å². The van der Waals surface area contributed by atoms with Gasteiger partial charge >= 0.3 is 0 Å². The molecule has 1 aromatic carbocycles. The van der Waals surface area contributed by atoms with Gasteiger partial charge in [0, 0.05) is 18.8 Å². The lowest BCUT2D eigenvalue weighted by atomic mass is 10.1. The van der Waals surface area contributed by atoms with E-state index in [2.05, 4.69) is 23.5 Å². The van der Waals surface area contributed by atoms with Gasteiger partial charge < -0.3 is 10.2 Å². The number of rotatable bonds is 1. The fraction of sp³-hybridized carbons (Fsp3) is 0.533. The Labute approximate surface area is 120 Å². The molecule has 2 heterocycles. The van der Waals surface area contributed by atoms with Crippen LogP contribution in [0.5, 0.6) is 0 Å². The minimum Gasteiger partial charge on any atom is -0.316 e. The predicted molar refractivity (Wildman–Crippen MR) is 80.0 cm³/mol. The van der Waals surface area contributed by atoms with E-state index in [0.717, 1.165) is 44.6 Å². The van der Waals surface area contributed by atoms with Crippen LogP contribution in [0.25, 0.3) is 0 Å². The summed E-state index contributed by atoms with van der Waals surface area (Å²) >= 11 is 0. The number of hydrogen-bond donors (Lipinski definition) is 1. The third-order valence-electron chi connectivity index (χ3n) is 4.04. The van der Waals surface area contributed by atoms with Crippen LogP contribution in [0.3, 0.4) is 0 Å². The Kier molecular flexibility index (Phi) is 4.83. The highest BCUT2D eigenvalue weighted by Crippen LogP contribution is 2.28. The first-order chi connectivity index (χ1) is 8.86. The van der Waals surface area contributed by atoms with Crippen LogP contribution in [0.1, 0.15) is 24.8 Å². The lowest BCUT2D eigenvalue weighted by Crippen LogP contribution is -2.37. The minimum absolute atomic E-state index is 0. The van der Waals surface area contributed by atoms with Crippen LogP contribution < -0.4 is 10.2 Å². The first-order valence-corrected chi connectivity index (χ1v) is 6.96. The lowest BCUT2D eigenvalue weighted by Gasteiger charge is -2.25. The smallest absolute Gasteiger partial charge is 0.231 e. The molecular weight excluding hydrogens is 260 g/mol. The first kappa shape index (κ1) is 14.4. The molecule has 19 heavy (non-hydrogen) atoms. The van der Waals surface area contributed by atoms with Gasteiger partial charge in [0.15, 0.2) is 0 Å². The summed E-state index contributed by atoms with van der Waals surface area (Å²) < 4.78 is 0. The average Bonchev–Trinajstić information content (AvgIpc) is 2.85. The van der Waals surface area contributed by atoms with E-state index in [1.807, 2.05) is 11.0 Å². The number of anilines is 1. The van der Waals surface area contributed by atoms with Crippen molar-refractivity contribution >= 4 is 24.0 Å². The molecule has 1 aromatic rings. The Balaban J connectivity index is 0.00000133. The fourth-order valence-corrected chi connectivity index (χ4v) is 3.01. The Bertz CT molecular complexity index is 444. The number of benzene rings is 1. The molecule has 4 heteroatoms. The zero-order chi connectivity index (χ0) is 12.4. The van der Waals surface area contributed by atoms with Gasteiger partial charge in [-0.1, -0.05) is 18.2 Å². The molecule has 104 valence electrons. The summed E-state index contributed by atoms with van der Waals surface area (Å²) in [4.78, 5) is 14.6. The van der Waals surface area contributed by atoms with E-state index in [9.17, 15) is 4.79 Å². The number of carbonyl (C=O) groups excluding carboxylic acids is 1. The monoisotopic (exact) mass is 280 g/mol. The van der Waals surface area contributed by atoms with E-state index in [1.165, 1.54) is 12.0 Å². The molecule has 2 aliphatic rings. The molecule has 0 radical (unpaired) electrons. The Morgan fingerprint density at radius 3 is 2.89 bits per heavy atom. The van der Waals surface area contributed by atoms with E-state index >= 15 is 0 Å².